The van der Waals surface area contributed by atoms with E-state index in [9.17, 15) is 17.2 Å². The molecular weight excluding hydrogens is 430 g/mol. The predicted octanol–water partition coefficient (Wildman–Crippen LogP) is 3.25. The maximum atomic E-state index is 14.1. The SMILES string of the molecule is COc1ccc(N2CCN(S(=O)(=O)c3c(F)cc(F)cc3Br)CC2)cc1. The maximum Gasteiger partial charge on any atom is 0.247 e. The Labute approximate surface area is 159 Å². The van der Waals surface area contributed by atoms with Gasteiger partial charge in [-0.25, -0.2) is 17.2 Å². The minimum absolute atomic E-state index is 0.118. The summed E-state index contributed by atoms with van der Waals surface area (Å²) in [5.74, 6) is -1.20. The zero-order valence-electron chi connectivity index (χ0n) is 14.0. The monoisotopic (exact) mass is 446 g/mol. The van der Waals surface area contributed by atoms with Crippen LogP contribution in [-0.2, 0) is 10.0 Å². The molecule has 0 radical (unpaired) electrons. The molecule has 9 heteroatoms. The Morgan fingerprint density at radius 2 is 1.65 bits per heavy atom. The lowest BCUT2D eigenvalue weighted by Crippen LogP contribution is -2.48. The highest BCUT2D eigenvalue weighted by atomic mass is 79.9. The van der Waals surface area contributed by atoms with Gasteiger partial charge in [0.2, 0.25) is 10.0 Å². The van der Waals surface area contributed by atoms with Crippen LogP contribution in [0.5, 0.6) is 5.75 Å². The highest BCUT2D eigenvalue weighted by Gasteiger charge is 2.32. The smallest absolute Gasteiger partial charge is 0.247 e. The van der Waals surface area contributed by atoms with Gasteiger partial charge in [-0.3, -0.25) is 0 Å². The summed E-state index contributed by atoms with van der Waals surface area (Å²) in [6.07, 6.45) is 0. The number of benzene rings is 2. The van der Waals surface area contributed by atoms with E-state index in [4.69, 9.17) is 4.74 Å². The summed E-state index contributed by atoms with van der Waals surface area (Å²) in [6, 6.07) is 9.00. The summed E-state index contributed by atoms with van der Waals surface area (Å²) in [6.45, 7) is 1.34. The maximum absolute atomic E-state index is 14.1. The van der Waals surface area contributed by atoms with Crippen LogP contribution in [0.25, 0.3) is 0 Å². The van der Waals surface area contributed by atoms with E-state index < -0.39 is 26.6 Å². The van der Waals surface area contributed by atoms with Crippen molar-refractivity contribution in [3.8, 4) is 5.75 Å². The molecule has 5 nitrogen and oxygen atoms in total. The minimum Gasteiger partial charge on any atom is -0.497 e. The van der Waals surface area contributed by atoms with Crippen molar-refractivity contribution in [1.82, 2.24) is 4.31 Å². The van der Waals surface area contributed by atoms with Crippen molar-refractivity contribution in [1.29, 1.82) is 0 Å². The van der Waals surface area contributed by atoms with Crippen molar-refractivity contribution in [2.45, 2.75) is 4.90 Å². The number of ether oxygens (including phenoxy) is 1. The molecule has 0 unspecified atom stereocenters. The first-order valence-electron chi connectivity index (χ1n) is 7.86. The lowest BCUT2D eigenvalue weighted by atomic mass is 10.2. The molecule has 0 N–H and O–H groups in total. The van der Waals surface area contributed by atoms with E-state index in [1.165, 1.54) is 4.31 Å². The molecule has 0 bridgehead atoms. The van der Waals surface area contributed by atoms with Gasteiger partial charge in [0.05, 0.1) is 7.11 Å². The van der Waals surface area contributed by atoms with Crippen molar-refractivity contribution in [3.05, 3.63) is 52.5 Å². The number of sulfonamides is 1. The number of piperazine rings is 1. The summed E-state index contributed by atoms with van der Waals surface area (Å²) in [5, 5.41) is 0. The Morgan fingerprint density at radius 3 is 2.19 bits per heavy atom. The van der Waals surface area contributed by atoms with Crippen LogP contribution in [0.2, 0.25) is 0 Å². The first kappa shape index (κ1) is 19.1. The normalized spacial score (nSPS) is 15.9. The van der Waals surface area contributed by atoms with Crippen LogP contribution < -0.4 is 9.64 Å². The number of methoxy groups -OCH3 is 1. The average molecular weight is 447 g/mol. The topological polar surface area (TPSA) is 49.9 Å². The number of rotatable bonds is 4. The molecule has 0 spiro atoms. The third kappa shape index (κ3) is 3.70. The van der Waals surface area contributed by atoms with E-state index in [-0.39, 0.29) is 17.6 Å². The summed E-state index contributed by atoms with van der Waals surface area (Å²) in [4.78, 5) is 1.51. The van der Waals surface area contributed by atoms with Gasteiger partial charge in [-0.1, -0.05) is 0 Å². The third-order valence-corrected chi connectivity index (χ3v) is 7.10. The van der Waals surface area contributed by atoms with E-state index in [2.05, 4.69) is 15.9 Å². The Hall–Kier alpha value is -1.71. The van der Waals surface area contributed by atoms with Crippen molar-refractivity contribution < 1.29 is 21.9 Å². The van der Waals surface area contributed by atoms with Crippen molar-refractivity contribution in [3.63, 3.8) is 0 Å². The molecule has 1 heterocycles. The molecule has 1 aliphatic rings. The molecule has 0 atom stereocenters. The predicted molar refractivity (Wildman–Crippen MR) is 98.0 cm³/mol. The Bertz CT molecular complexity index is 876. The Balaban J connectivity index is 1.76. The van der Waals surface area contributed by atoms with Gasteiger partial charge in [0.1, 0.15) is 22.3 Å². The molecule has 140 valence electrons. The van der Waals surface area contributed by atoms with Crippen LogP contribution in [0.4, 0.5) is 14.5 Å². The highest BCUT2D eigenvalue weighted by molar-refractivity contribution is 9.10. The largest absolute Gasteiger partial charge is 0.497 e. The molecule has 2 aromatic carbocycles. The lowest BCUT2D eigenvalue weighted by Gasteiger charge is -2.35. The number of hydrogen-bond acceptors (Lipinski definition) is 4. The fourth-order valence-electron chi connectivity index (χ4n) is 2.88. The molecule has 0 aromatic heterocycles. The molecule has 1 aliphatic heterocycles. The standard InChI is InChI=1S/C17H17BrF2N2O3S/c1-25-14-4-2-13(3-5-14)21-6-8-22(9-7-21)26(23,24)17-15(18)10-12(19)11-16(17)20/h2-5,10-11H,6-9H2,1H3. The summed E-state index contributed by atoms with van der Waals surface area (Å²) >= 11 is 2.95. The van der Waals surface area contributed by atoms with Gasteiger partial charge >= 0.3 is 0 Å². The molecule has 0 saturated carbocycles. The highest BCUT2D eigenvalue weighted by Crippen LogP contribution is 2.30. The van der Waals surface area contributed by atoms with Crippen LogP contribution in [-0.4, -0.2) is 46.0 Å². The fraction of sp³-hybridized carbons (Fsp3) is 0.294. The number of halogens is 3. The van der Waals surface area contributed by atoms with E-state index in [0.717, 1.165) is 17.5 Å². The van der Waals surface area contributed by atoms with Crippen LogP contribution in [0, 0.1) is 11.6 Å². The number of nitrogens with zero attached hydrogens (tertiary/aromatic N) is 2. The molecule has 3 rings (SSSR count). The molecular formula is C17H17BrF2N2O3S. The number of hydrogen-bond donors (Lipinski definition) is 0. The number of anilines is 1. The minimum atomic E-state index is -4.06. The Kier molecular flexibility index (Phi) is 5.50. The van der Waals surface area contributed by atoms with Gasteiger partial charge in [-0.2, -0.15) is 4.31 Å². The van der Waals surface area contributed by atoms with Gasteiger partial charge in [0, 0.05) is 42.4 Å². The Morgan fingerprint density at radius 1 is 1.04 bits per heavy atom. The average Bonchev–Trinajstić information content (AvgIpc) is 2.61. The second kappa shape index (κ2) is 7.50. The van der Waals surface area contributed by atoms with Crippen LogP contribution in [0.15, 0.2) is 45.8 Å². The second-order valence-corrected chi connectivity index (χ2v) is 8.52. The summed E-state index contributed by atoms with van der Waals surface area (Å²) < 4.78 is 59.1. The van der Waals surface area contributed by atoms with Gasteiger partial charge in [0.25, 0.3) is 0 Å². The van der Waals surface area contributed by atoms with E-state index in [1.54, 1.807) is 7.11 Å². The van der Waals surface area contributed by atoms with Crippen LogP contribution in [0.3, 0.4) is 0 Å². The first-order chi connectivity index (χ1) is 12.3. The van der Waals surface area contributed by atoms with Crippen molar-refractivity contribution in [2.75, 3.05) is 38.2 Å². The van der Waals surface area contributed by atoms with Crippen LogP contribution in [0.1, 0.15) is 0 Å². The summed E-state index contributed by atoms with van der Waals surface area (Å²) in [5.41, 5.74) is 0.956. The first-order valence-corrected chi connectivity index (χ1v) is 10.1. The van der Waals surface area contributed by atoms with Crippen molar-refractivity contribution in [2.24, 2.45) is 0 Å². The van der Waals surface area contributed by atoms with E-state index >= 15 is 0 Å². The van der Waals surface area contributed by atoms with Gasteiger partial charge in [0.15, 0.2) is 0 Å². The zero-order chi connectivity index (χ0) is 18.9. The van der Waals surface area contributed by atoms with E-state index in [0.29, 0.717) is 19.2 Å². The van der Waals surface area contributed by atoms with Crippen LogP contribution >= 0.6 is 15.9 Å². The molecule has 1 saturated heterocycles. The molecule has 0 amide bonds. The zero-order valence-corrected chi connectivity index (χ0v) is 16.4. The molecule has 1 fully saturated rings. The van der Waals surface area contributed by atoms with E-state index in [1.807, 2.05) is 29.2 Å². The van der Waals surface area contributed by atoms with Gasteiger partial charge < -0.3 is 9.64 Å². The quantitative estimate of drug-likeness (QED) is 0.723. The molecule has 26 heavy (non-hydrogen) atoms. The van der Waals surface area contributed by atoms with Gasteiger partial charge in [-0.15, -0.1) is 0 Å². The third-order valence-electron chi connectivity index (χ3n) is 4.24. The fourth-order valence-corrected chi connectivity index (χ4v) is 5.42. The molecule has 0 aliphatic carbocycles. The van der Waals surface area contributed by atoms with Gasteiger partial charge in [-0.05, 0) is 46.3 Å². The second-order valence-electron chi connectivity index (χ2n) is 5.79. The molecule has 2 aromatic rings. The van der Waals surface area contributed by atoms with Crippen molar-refractivity contribution >= 4 is 31.6 Å². The lowest BCUT2D eigenvalue weighted by molar-refractivity contribution is 0.381. The summed E-state index contributed by atoms with van der Waals surface area (Å²) in [7, 11) is -2.47.